The van der Waals surface area contributed by atoms with Crippen molar-refractivity contribution >= 4 is 5.78 Å². The van der Waals surface area contributed by atoms with E-state index >= 15 is 0 Å². The first-order valence-corrected chi connectivity index (χ1v) is 6.72. The maximum absolute atomic E-state index is 11.1. The molecule has 0 atom stereocenters. The van der Waals surface area contributed by atoms with Gasteiger partial charge in [0.2, 0.25) is 0 Å². The lowest BCUT2D eigenvalue weighted by Gasteiger charge is -2.25. The summed E-state index contributed by atoms with van der Waals surface area (Å²) < 4.78 is 0. The van der Waals surface area contributed by atoms with Crippen LogP contribution >= 0.6 is 0 Å². The van der Waals surface area contributed by atoms with Gasteiger partial charge in [-0.1, -0.05) is 57.5 Å². The number of carbonyl (C=O) groups is 1. The van der Waals surface area contributed by atoms with E-state index in [1.165, 1.54) is 12.0 Å². The van der Waals surface area contributed by atoms with Crippen molar-refractivity contribution in [2.24, 2.45) is 11.8 Å². The lowest BCUT2D eigenvalue weighted by molar-refractivity contribution is -0.128. The molecule has 0 aliphatic heterocycles. The van der Waals surface area contributed by atoms with E-state index in [-0.39, 0.29) is 5.92 Å². The second-order valence-electron chi connectivity index (χ2n) is 5.02. The highest BCUT2D eigenvalue weighted by molar-refractivity contribution is 5.83. The molecule has 94 valence electrons. The summed E-state index contributed by atoms with van der Waals surface area (Å²) in [4.78, 5) is 11.1. The summed E-state index contributed by atoms with van der Waals surface area (Å²) in [5.74, 6) is 1.17. The van der Waals surface area contributed by atoms with E-state index in [4.69, 9.17) is 0 Å². The third kappa shape index (κ3) is 4.72. The Kier molecular flexibility index (Phi) is 5.96. The van der Waals surface area contributed by atoms with Crippen molar-refractivity contribution in [3.8, 4) is 0 Å². The van der Waals surface area contributed by atoms with Gasteiger partial charge in [0.1, 0.15) is 5.78 Å². The summed E-state index contributed by atoms with van der Waals surface area (Å²) >= 11 is 0. The summed E-state index contributed by atoms with van der Waals surface area (Å²) in [5, 5.41) is 0. The summed E-state index contributed by atoms with van der Waals surface area (Å²) in [6, 6.07) is 10.5. The van der Waals surface area contributed by atoms with Crippen molar-refractivity contribution in [2.45, 2.75) is 46.5 Å². The van der Waals surface area contributed by atoms with Crippen LogP contribution < -0.4 is 0 Å². The first-order valence-electron chi connectivity index (χ1n) is 6.72. The van der Waals surface area contributed by atoms with Crippen molar-refractivity contribution in [1.29, 1.82) is 0 Å². The van der Waals surface area contributed by atoms with Crippen LogP contribution in [0, 0.1) is 11.8 Å². The molecule has 2 rings (SSSR count). The topological polar surface area (TPSA) is 17.1 Å². The molecule has 1 aliphatic rings. The molecule has 0 heterocycles. The monoisotopic (exact) mass is 232 g/mol. The average molecular weight is 232 g/mol. The van der Waals surface area contributed by atoms with Crippen LogP contribution in [0.1, 0.15) is 45.6 Å². The summed E-state index contributed by atoms with van der Waals surface area (Å²) in [6.45, 7) is 6.14. The fourth-order valence-corrected chi connectivity index (χ4v) is 1.88. The molecule has 1 nitrogen and oxygen atoms in total. The van der Waals surface area contributed by atoms with Crippen LogP contribution in [-0.4, -0.2) is 5.78 Å². The van der Waals surface area contributed by atoms with Gasteiger partial charge in [0.15, 0.2) is 0 Å². The van der Waals surface area contributed by atoms with Gasteiger partial charge in [-0.15, -0.1) is 0 Å². The molecule has 1 fully saturated rings. The first-order chi connectivity index (χ1) is 8.15. The molecule has 0 N–H and O–H groups in total. The van der Waals surface area contributed by atoms with Crippen molar-refractivity contribution in [3.05, 3.63) is 35.9 Å². The van der Waals surface area contributed by atoms with E-state index in [0.717, 1.165) is 19.3 Å². The minimum absolute atomic E-state index is 0.260. The standard InChI is InChI=1S/C8H14O.C8H10/c1-6(2)8(9)7-4-3-5-7;1-2-8-6-4-3-5-7-8/h6-7H,3-5H2,1-2H3;3-7H,2H2,1H3. The largest absolute Gasteiger partial charge is 0.299 e. The minimum atomic E-state index is 0.260. The normalized spacial score (nSPS) is 14.8. The smallest absolute Gasteiger partial charge is 0.138 e. The average Bonchev–Trinajstić information content (AvgIpc) is 2.28. The lowest BCUT2D eigenvalue weighted by Crippen LogP contribution is -2.25. The summed E-state index contributed by atoms with van der Waals surface area (Å²) in [6.07, 6.45) is 4.71. The number of aryl methyl sites for hydroxylation is 1. The van der Waals surface area contributed by atoms with Gasteiger partial charge in [-0.05, 0) is 24.8 Å². The van der Waals surface area contributed by atoms with E-state index < -0.39 is 0 Å². The van der Waals surface area contributed by atoms with E-state index in [1.807, 2.05) is 19.9 Å². The fraction of sp³-hybridized carbons (Fsp3) is 0.562. The Morgan fingerprint density at radius 1 is 1.24 bits per heavy atom. The highest BCUT2D eigenvalue weighted by atomic mass is 16.1. The van der Waals surface area contributed by atoms with Gasteiger partial charge in [-0.2, -0.15) is 0 Å². The molecule has 1 aromatic rings. The predicted octanol–water partition coefficient (Wildman–Crippen LogP) is 4.26. The molecular formula is C16H24O. The Hall–Kier alpha value is -1.11. The molecule has 0 unspecified atom stereocenters. The first kappa shape index (κ1) is 14.0. The molecule has 17 heavy (non-hydrogen) atoms. The van der Waals surface area contributed by atoms with Crippen molar-refractivity contribution in [1.82, 2.24) is 0 Å². The third-order valence-electron chi connectivity index (χ3n) is 3.33. The zero-order chi connectivity index (χ0) is 12.7. The van der Waals surface area contributed by atoms with Crippen LogP contribution in [0.15, 0.2) is 30.3 Å². The van der Waals surface area contributed by atoms with Gasteiger partial charge in [0, 0.05) is 11.8 Å². The van der Waals surface area contributed by atoms with Gasteiger partial charge in [0.05, 0.1) is 0 Å². The second-order valence-corrected chi connectivity index (χ2v) is 5.02. The van der Waals surface area contributed by atoms with Crippen LogP contribution in [0.3, 0.4) is 0 Å². The van der Waals surface area contributed by atoms with Crippen molar-refractivity contribution in [3.63, 3.8) is 0 Å². The quantitative estimate of drug-likeness (QED) is 0.761. The predicted molar refractivity (Wildman–Crippen MR) is 73.0 cm³/mol. The number of ketones is 1. The Balaban J connectivity index is 0.000000171. The Morgan fingerprint density at radius 2 is 1.82 bits per heavy atom. The lowest BCUT2D eigenvalue weighted by atomic mass is 9.79. The molecule has 0 saturated heterocycles. The van der Waals surface area contributed by atoms with Crippen LogP contribution in [0.5, 0.6) is 0 Å². The Labute approximate surface area is 105 Å². The van der Waals surface area contributed by atoms with E-state index in [2.05, 4.69) is 31.2 Å². The van der Waals surface area contributed by atoms with E-state index in [9.17, 15) is 4.79 Å². The summed E-state index contributed by atoms with van der Waals surface area (Å²) in [5.41, 5.74) is 1.41. The molecule has 0 spiro atoms. The van der Waals surface area contributed by atoms with Gasteiger partial charge in [-0.3, -0.25) is 4.79 Å². The molecule has 1 aliphatic carbocycles. The van der Waals surface area contributed by atoms with E-state index in [0.29, 0.717) is 11.7 Å². The van der Waals surface area contributed by atoms with Gasteiger partial charge in [0.25, 0.3) is 0 Å². The van der Waals surface area contributed by atoms with Gasteiger partial charge < -0.3 is 0 Å². The molecule has 1 aromatic carbocycles. The molecule has 0 amide bonds. The molecule has 0 radical (unpaired) electrons. The molecule has 0 aromatic heterocycles. The molecule has 1 heteroatoms. The molecular weight excluding hydrogens is 208 g/mol. The number of rotatable bonds is 3. The molecule has 0 bridgehead atoms. The molecule has 1 saturated carbocycles. The number of hydrogen-bond donors (Lipinski definition) is 0. The van der Waals surface area contributed by atoms with Gasteiger partial charge in [-0.25, -0.2) is 0 Å². The maximum atomic E-state index is 11.1. The zero-order valence-electron chi connectivity index (χ0n) is 11.3. The highest BCUT2D eigenvalue weighted by Crippen LogP contribution is 2.29. The minimum Gasteiger partial charge on any atom is -0.299 e. The van der Waals surface area contributed by atoms with Crippen molar-refractivity contribution < 1.29 is 4.79 Å². The van der Waals surface area contributed by atoms with Gasteiger partial charge >= 0.3 is 0 Å². The third-order valence-corrected chi connectivity index (χ3v) is 3.33. The second kappa shape index (κ2) is 7.26. The van der Waals surface area contributed by atoms with Crippen LogP contribution in [-0.2, 0) is 11.2 Å². The van der Waals surface area contributed by atoms with Crippen LogP contribution in [0.2, 0.25) is 0 Å². The fourth-order valence-electron chi connectivity index (χ4n) is 1.88. The number of carbonyl (C=O) groups excluding carboxylic acids is 1. The van der Waals surface area contributed by atoms with Crippen LogP contribution in [0.25, 0.3) is 0 Å². The van der Waals surface area contributed by atoms with Crippen molar-refractivity contribution in [2.75, 3.05) is 0 Å². The number of benzene rings is 1. The Morgan fingerprint density at radius 3 is 2.06 bits per heavy atom. The zero-order valence-corrected chi connectivity index (χ0v) is 11.3. The number of Topliss-reactive ketones (excluding diaryl/α,β-unsaturated/α-hetero) is 1. The summed E-state index contributed by atoms with van der Waals surface area (Å²) in [7, 11) is 0. The van der Waals surface area contributed by atoms with E-state index in [1.54, 1.807) is 0 Å². The SMILES string of the molecule is CC(C)C(=O)C1CCC1.CCc1ccccc1. The highest BCUT2D eigenvalue weighted by Gasteiger charge is 2.26. The number of hydrogen-bond acceptors (Lipinski definition) is 1. The van der Waals surface area contributed by atoms with Crippen LogP contribution in [0.4, 0.5) is 0 Å². The maximum Gasteiger partial charge on any atom is 0.138 e. The Bertz CT molecular complexity index is 323.